The largest absolute Gasteiger partial charge is 0.484 e. The first-order chi connectivity index (χ1) is 10.3. The molecule has 0 atom stereocenters. The van der Waals surface area contributed by atoms with E-state index in [0.29, 0.717) is 23.9 Å². The van der Waals surface area contributed by atoms with E-state index in [2.05, 4.69) is 15.0 Å². The Balaban J connectivity index is 1.76. The number of rotatable bonds is 4. The maximum atomic E-state index is 6.14. The van der Waals surface area contributed by atoms with Crippen LogP contribution in [0.15, 0.2) is 60.9 Å². The fourth-order valence-electron chi connectivity index (χ4n) is 1.80. The third-order valence-electron chi connectivity index (χ3n) is 2.84. The van der Waals surface area contributed by atoms with E-state index >= 15 is 0 Å². The van der Waals surface area contributed by atoms with Crippen LogP contribution in [0.2, 0.25) is 5.15 Å². The number of hydrogen-bond donors (Lipinski definition) is 0. The van der Waals surface area contributed by atoms with Crippen LogP contribution in [0, 0.1) is 0 Å². The molecule has 0 amide bonds. The second-order valence-electron chi connectivity index (χ2n) is 4.34. The van der Waals surface area contributed by atoms with Crippen LogP contribution < -0.4 is 4.74 Å². The summed E-state index contributed by atoms with van der Waals surface area (Å²) in [6.07, 6.45) is 3.26. The van der Waals surface area contributed by atoms with E-state index in [4.69, 9.17) is 16.3 Å². The molecule has 21 heavy (non-hydrogen) atoms. The third kappa shape index (κ3) is 3.35. The average Bonchev–Trinajstić information content (AvgIpc) is 2.55. The van der Waals surface area contributed by atoms with Crippen LogP contribution in [0.4, 0.5) is 0 Å². The van der Waals surface area contributed by atoms with Crippen molar-refractivity contribution in [2.75, 3.05) is 0 Å². The molecule has 0 saturated heterocycles. The lowest BCUT2D eigenvalue weighted by Crippen LogP contribution is -1.99. The molecule has 1 aromatic carbocycles. The summed E-state index contributed by atoms with van der Waals surface area (Å²) in [5.74, 6) is 0.938. The van der Waals surface area contributed by atoms with Crippen molar-refractivity contribution in [1.29, 1.82) is 0 Å². The highest BCUT2D eigenvalue weighted by Crippen LogP contribution is 2.24. The van der Waals surface area contributed by atoms with Crippen molar-refractivity contribution in [3.05, 3.63) is 71.6 Å². The third-order valence-corrected chi connectivity index (χ3v) is 3.11. The van der Waals surface area contributed by atoms with E-state index < -0.39 is 0 Å². The first-order valence-corrected chi connectivity index (χ1v) is 6.81. The molecule has 0 bridgehead atoms. The quantitative estimate of drug-likeness (QED) is 0.688. The number of aromatic nitrogens is 3. The van der Waals surface area contributed by atoms with Gasteiger partial charge in [0.2, 0.25) is 0 Å². The summed E-state index contributed by atoms with van der Waals surface area (Å²) in [5, 5.41) is 0.279. The molecule has 3 aromatic rings. The zero-order valence-electron chi connectivity index (χ0n) is 11.1. The van der Waals surface area contributed by atoms with Crippen molar-refractivity contribution in [2.24, 2.45) is 0 Å². The molecule has 0 saturated carbocycles. The lowest BCUT2D eigenvalue weighted by atomic mass is 10.2. The van der Waals surface area contributed by atoms with E-state index in [0.717, 1.165) is 5.56 Å². The molecule has 0 spiro atoms. The molecule has 2 heterocycles. The molecule has 4 nitrogen and oxygen atoms in total. The second kappa shape index (κ2) is 6.33. The van der Waals surface area contributed by atoms with E-state index in [1.54, 1.807) is 12.4 Å². The molecule has 0 N–H and O–H groups in total. The summed E-state index contributed by atoms with van der Waals surface area (Å²) in [6, 6.07) is 15.4. The Labute approximate surface area is 127 Å². The Kier molecular flexibility index (Phi) is 4.07. The van der Waals surface area contributed by atoms with Crippen LogP contribution >= 0.6 is 11.6 Å². The van der Waals surface area contributed by atoms with Gasteiger partial charge in [-0.1, -0.05) is 48.0 Å². The Hall–Kier alpha value is -2.46. The SMILES string of the molecule is Clc1nc(-c2ccccn2)ncc1OCc1ccccc1. The van der Waals surface area contributed by atoms with E-state index in [-0.39, 0.29) is 5.15 Å². The Morgan fingerprint density at radius 3 is 2.48 bits per heavy atom. The van der Waals surface area contributed by atoms with Crippen LogP contribution in [0.3, 0.4) is 0 Å². The van der Waals surface area contributed by atoms with Gasteiger partial charge in [-0.2, -0.15) is 0 Å². The van der Waals surface area contributed by atoms with Crippen molar-refractivity contribution in [1.82, 2.24) is 15.0 Å². The van der Waals surface area contributed by atoms with Gasteiger partial charge in [0.05, 0.1) is 6.20 Å². The Morgan fingerprint density at radius 2 is 1.76 bits per heavy atom. The minimum absolute atomic E-state index is 0.279. The number of hydrogen-bond acceptors (Lipinski definition) is 4. The highest BCUT2D eigenvalue weighted by molar-refractivity contribution is 6.30. The van der Waals surface area contributed by atoms with Gasteiger partial charge in [-0.15, -0.1) is 0 Å². The normalized spacial score (nSPS) is 10.3. The summed E-state index contributed by atoms with van der Waals surface area (Å²) in [6.45, 7) is 0.423. The summed E-state index contributed by atoms with van der Waals surface area (Å²) in [7, 11) is 0. The number of halogens is 1. The molecule has 0 fully saturated rings. The minimum Gasteiger partial charge on any atom is -0.484 e. The Morgan fingerprint density at radius 1 is 0.952 bits per heavy atom. The predicted octanol–water partition coefficient (Wildman–Crippen LogP) is 3.77. The topological polar surface area (TPSA) is 47.9 Å². The van der Waals surface area contributed by atoms with E-state index in [9.17, 15) is 0 Å². The lowest BCUT2D eigenvalue weighted by molar-refractivity contribution is 0.304. The number of benzene rings is 1. The molecule has 5 heteroatoms. The lowest BCUT2D eigenvalue weighted by Gasteiger charge is -2.08. The summed E-state index contributed by atoms with van der Waals surface area (Å²) >= 11 is 6.14. The highest BCUT2D eigenvalue weighted by atomic mass is 35.5. The summed E-state index contributed by atoms with van der Waals surface area (Å²) in [5.41, 5.74) is 1.73. The van der Waals surface area contributed by atoms with Crippen LogP contribution in [0.25, 0.3) is 11.5 Å². The van der Waals surface area contributed by atoms with Crippen LogP contribution in [-0.2, 0) is 6.61 Å². The molecule has 104 valence electrons. The van der Waals surface area contributed by atoms with Crippen LogP contribution in [0.1, 0.15) is 5.56 Å². The summed E-state index contributed by atoms with van der Waals surface area (Å²) in [4.78, 5) is 12.7. The highest BCUT2D eigenvalue weighted by Gasteiger charge is 2.08. The van der Waals surface area contributed by atoms with Crippen molar-refractivity contribution in [2.45, 2.75) is 6.61 Å². The number of nitrogens with zero attached hydrogens (tertiary/aromatic N) is 3. The minimum atomic E-state index is 0.279. The molecule has 0 aliphatic carbocycles. The van der Waals surface area contributed by atoms with Crippen LogP contribution in [-0.4, -0.2) is 15.0 Å². The van der Waals surface area contributed by atoms with Crippen molar-refractivity contribution < 1.29 is 4.74 Å². The first kappa shape index (κ1) is 13.5. The predicted molar refractivity (Wildman–Crippen MR) is 81.0 cm³/mol. The van der Waals surface area contributed by atoms with Gasteiger partial charge >= 0.3 is 0 Å². The molecule has 0 unspecified atom stereocenters. The monoisotopic (exact) mass is 297 g/mol. The van der Waals surface area contributed by atoms with Gasteiger partial charge in [0.25, 0.3) is 0 Å². The van der Waals surface area contributed by atoms with Gasteiger partial charge in [0.15, 0.2) is 16.7 Å². The molecular formula is C16H12ClN3O. The van der Waals surface area contributed by atoms with E-state index in [1.165, 1.54) is 0 Å². The van der Waals surface area contributed by atoms with Crippen molar-refractivity contribution in [3.8, 4) is 17.3 Å². The molecule has 3 rings (SSSR count). The molecule has 0 radical (unpaired) electrons. The smallest absolute Gasteiger partial charge is 0.179 e. The fourth-order valence-corrected chi connectivity index (χ4v) is 1.98. The maximum Gasteiger partial charge on any atom is 0.179 e. The van der Waals surface area contributed by atoms with Gasteiger partial charge < -0.3 is 4.74 Å². The number of pyridine rings is 1. The zero-order chi connectivity index (χ0) is 14.5. The second-order valence-corrected chi connectivity index (χ2v) is 4.70. The van der Waals surface area contributed by atoms with Gasteiger partial charge in [-0.05, 0) is 17.7 Å². The fraction of sp³-hybridized carbons (Fsp3) is 0.0625. The summed E-state index contributed by atoms with van der Waals surface area (Å²) < 4.78 is 5.64. The Bertz CT molecular complexity index is 720. The molecule has 0 aliphatic heterocycles. The van der Waals surface area contributed by atoms with Crippen molar-refractivity contribution in [3.63, 3.8) is 0 Å². The van der Waals surface area contributed by atoms with Gasteiger partial charge in [0, 0.05) is 6.20 Å². The van der Waals surface area contributed by atoms with Crippen molar-refractivity contribution >= 4 is 11.6 Å². The van der Waals surface area contributed by atoms with Gasteiger partial charge in [0.1, 0.15) is 12.3 Å². The standard InChI is InChI=1S/C16H12ClN3O/c17-15-14(21-11-12-6-2-1-3-7-12)10-19-16(20-15)13-8-4-5-9-18-13/h1-10H,11H2. The van der Waals surface area contributed by atoms with Gasteiger partial charge in [-0.25, -0.2) is 9.97 Å². The molecular weight excluding hydrogens is 286 g/mol. The van der Waals surface area contributed by atoms with Crippen LogP contribution in [0.5, 0.6) is 5.75 Å². The first-order valence-electron chi connectivity index (χ1n) is 6.43. The maximum absolute atomic E-state index is 6.14. The molecule has 2 aromatic heterocycles. The molecule has 0 aliphatic rings. The van der Waals surface area contributed by atoms with E-state index in [1.807, 2.05) is 48.5 Å². The zero-order valence-corrected chi connectivity index (χ0v) is 11.9. The average molecular weight is 298 g/mol. The van der Waals surface area contributed by atoms with Gasteiger partial charge in [-0.3, -0.25) is 4.98 Å². The number of ether oxygens (including phenoxy) is 1.